The molecule has 0 radical (unpaired) electrons. The molecule has 5 rings (SSSR count). The first kappa shape index (κ1) is 27.5. The quantitative estimate of drug-likeness (QED) is 0.233. The number of anilines is 1. The van der Waals surface area contributed by atoms with Gasteiger partial charge in [0.15, 0.2) is 6.29 Å². The molecule has 2 heterocycles. The average Bonchev–Trinajstić information content (AvgIpc) is 3.29. The molecule has 1 saturated heterocycles. The molecular weight excluding hydrogens is 592 g/mol. The fraction of sp³-hybridized carbons (Fsp3) is 0.231. The molecule has 0 N–H and O–H groups in total. The number of amides is 1. The zero-order valence-corrected chi connectivity index (χ0v) is 23.5. The number of piperazine rings is 1. The second kappa shape index (κ2) is 10.2. The second-order valence-corrected chi connectivity index (χ2v) is 13.0. The number of carbonyl (C=O) groups is 2. The Balaban J connectivity index is 1.66. The van der Waals surface area contributed by atoms with Gasteiger partial charge in [0.05, 0.1) is 23.2 Å². The van der Waals surface area contributed by atoms with Crippen molar-refractivity contribution in [1.82, 2.24) is 8.87 Å². The highest BCUT2D eigenvalue weighted by Crippen LogP contribution is 2.42. The molecule has 1 amide bonds. The Hall–Kier alpha value is -3.05. The molecule has 1 aliphatic rings. The summed E-state index contributed by atoms with van der Waals surface area (Å²) in [6, 6.07) is 12.0. The van der Waals surface area contributed by atoms with Gasteiger partial charge in [0.2, 0.25) is 0 Å². The molecule has 39 heavy (non-hydrogen) atoms. The first-order valence-electron chi connectivity index (χ1n) is 11.7. The Morgan fingerprint density at radius 2 is 1.67 bits per heavy atom. The lowest BCUT2D eigenvalue weighted by Crippen LogP contribution is -2.51. The van der Waals surface area contributed by atoms with Crippen LogP contribution in [0.2, 0.25) is 0 Å². The predicted molar refractivity (Wildman–Crippen MR) is 149 cm³/mol. The van der Waals surface area contributed by atoms with Crippen LogP contribution < -0.4 is 9.64 Å². The van der Waals surface area contributed by atoms with E-state index in [9.17, 15) is 22.4 Å². The maximum atomic E-state index is 14.2. The summed E-state index contributed by atoms with van der Waals surface area (Å²) in [6.45, 7) is 1.09. The summed E-state index contributed by atoms with van der Waals surface area (Å²) in [5, 5.41) is 1.23. The highest BCUT2D eigenvalue weighted by Gasteiger charge is 2.37. The first-order chi connectivity index (χ1) is 18.5. The van der Waals surface area contributed by atoms with Gasteiger partial charge in [0.1, 0.15) is 11.6 Å². The standard InChI is InChI=1S/C26H21Cl3FN3O5S/c1-38-24-20-5-3-2-4-19(20)23(13-22(24)31-8-10-32(11-9-31)25(35)26(27,28)29)39(36,37)33-14-16(15-34)18-7-6-17(30)12-21(18)33/h2-7,12-15H,8-11H2,1H3. The van der Waals surface area contributed by atoms with Gasteiger partial charge in [-0.1, -0.05) is 59.1 Å². The number of hydrogen-bond acceptors (Lipinski definition) is 6. The number of carbonyl (C=O) groups excluding carboxylic acids is 2. The van der Waals surface area contributed by atoms with Crippen LogP contribution in [-0.4, -0.2) is 66.6 Å². The Morgan fingerprint density at radius 3 is 2.28 bits per heavy atom. The van der Waals surface area contributed by atoms with Crippen molar-refractivity contribution in [3.05, 3.63) is 66.1 Å². The van der Waals surface area contributed by atoms with Crippen LogP contribution in [0.15, 0.2) is 59.6 Å². The maximum Gasteiger partial charge on any atom is 0.274 e. The van der Waals surface area contributed by atoms with E-state index in [1.165, 1.54) is 36.4 Å². The van der Waals surface area contributed by atoms with Crippen molar-refractivity contribution in [1.29, 1.82) is 0 Å². The molecule has 3 aromatic carbocycles. The van der Waals surface area contributed by atoms with Crippen LogP contribution in [-0.2, 0) is 14.8 Å². The fourth-order valence-electron chi connectivity index (χ4n) is 4.89. The molecule has 0 bridgehead atoms. The summed E-state index contributed by atoms with van der Waals surface area (Å²) < 4.78 is 47.1. The van der Waals surface area contributed by atoms with E-state index in [-0.39, 0.29) is 29.1 Å². The molecule has 1 fully saturated rings. The van der Waals surface area contributed by atoms with Crippen molar-refractivity contribution < 1.29 is 27.1 Å². The number of aromatic nitrogens is 1. The number of aldehydes is 1. The van der Waals surface area contributed by atoms with Gasteiger partial charge >= 0.3 is 0 Å². The minimum absolute atomic E-state index is 0.0392. The molecule has 1 aromatic heterocycles. The summed E-state index contributed by atoms with van der Waals surface area (Å²) in [5.41, 5.74) is 0.632. The lowest BCUT2D eigenvalue weighted by Gasteiger charge is -2.38. The Labute approximate surface area is 238 Å². The third-order valence-corrected chi connectivity index (χ3v) is 8.92. The van der Waals surface area contributed by atoms with Gasteiger partial charge in [0, 0.05) is 54.1 Å². The number of rotatable bonds is 5. The van der Waals surface area contributed by atoms with Crippen LogP contribution in [0.3, 0.4) is 0 Å². The van der Waals surface area contributed by atoms with Gasteiger partial charge in [-0.2, -0.15) is 0 Å². The van der Waals surface area contributed by atoms with E-state index in [2.05, 4.69) is 0 Å². The van der Waals surface area contributed by atoms with E-state index in [0.717, 1.165) is 10.0 Å². The average molecular weight is 613 g/mol. The highest BCUT2D eigenvalue weighted by molar-refractivity contribution is 7.90. The first-order valence-corrected chi connectivity index (χ1v) is 14.3. The van der Waals surface area contributed by atoms with Crippen LogP contribution in [0, 0.1) is 5.82 Å². The predicted octanol–water partition coefficient (Wildman–Crippen LogP) is 5.01. The summed E-state index contributed by atoms with van der Waals surface area (Å²) in [4.78, 5) is 27.4. The van der Waals surface area contributed by atoms with Crippen LogP contribution in [0.5, 0.6) is 5.75 Å². The van der Waals surface area contributed by atoms with Crippen LogP contribution in [0.4, 0.5) is 10.1 Å². The summed E-state index contributed by atoms with van der Waals surface area (Å²) in [6.07, 6.45) is 1.72. The van der Waals surface area contributed by atoms with E-state index in [1.54, 1.807) is 24.3 Å². The SMILES string of the molecule is COc1c(N2CCN(C(=O)C(Cl)(Cl)Cl)CC2)cc(S(=O)(=O)n2cc(C=O)c3ccc(F)cc32)c2ccccc12. The number of fused-ring (bicyclic) bond motifs is 2. The number of methoxy groups -OCH3 is 1. The normalized spacial score (nSPS) is 14.7. The minimum atomic E-state index is -4.34. The molecular formula is C26H21Cl3FN3O5S. The third kappa shape index (κ3) is 4.80. The van der Waals surface area contributed by atoms with Crippen molar-refractivity contribution >= 4 is 84.4 Å². The number of ether oxygens (including phenoxy) is 1. The fourth-order valence-corrected chi connectivity index (χ4v) is 6.84. The number of alkyl halides is 3. The van der Waals surface area contributed by atoms with Crippen LogP contribution in [0.1, 0.15) is 10.4 Å². The van der Waals surface area contributed by atoms with Crippen molar-refractivity contribution in [3.8, 4) is 5.75 Å². The second-order valence-electron chi connectivity index (χ2n) is 8.91. The third-order valence-electron chi connectivity index (χ3n) is 6.72. The van der Waals surface area contributed by atoms with Gasteiger partial charge < -0.3 is 14.5 Å². The number of benzene rings is 3. The Kier molecular flexibility index (Phi) is 7.17. The van der Waals surface area contributed by atoms with Gasteiger partial charge in [-0.05, 0) is 24.3 Å². The number of nitrogens with zero attached hydrogens (tertiary/aromatic N) is 3. The smallest absolute Gasteiger partial charge is 0.274 e. The zero-order chi connectivity index (χ0) is 28.1. The van der Waals surface area contributed by atoms with Gasteiger partial charge in [-0.3, -0.25) is 9.59 Å². The van der Waals surface area contributed by atoms with Crippen molar-refractivity contribution in [2.75, 3.05) is 38.2 Å². The molecule has 4 aromatic rings. The number of halogens is 4. The number of hydrogen-bond donors (Lipinski definition) is 0. The summed E-state index contributed by atoms with van der Waals surface area (Å²) in [7, 11) is -2.85. The molecule has 8 nitrogen and oxygen atoms in total. The largest absolute Gasteiger partial charge is 0.494 e. The van der Waals surface area contributed by atoms with E-state index in [0.29, 0.717) is 47.0 Å². The van der Waals surface area contributed by atoms with Crippen LogP contribution in [0.25, 0.3) is 21.7 Å². The van der Waals surface area contributed by atoms with E-state index < -0.39 is 25.5 Å². The van der Waals surface area contributed by atoms with Gasteiger partial charge in [-0.15, -0.1) is 0 Å². The monoisotopic (exact) mass is 611 g/mol. The molecule has 0 spiro atoms. The molecule has 13 heteroatoms. The lowest BCUT2D eigenvalue weighted by molar-refractivity contribution is -0.130. The van der Waals surface area contributed by atoms with E-state index >= 15 is 0 Å². The topological polar surface area (TPSA) is 88.9 Å². The molecule has 1 aliphatic heterocycles. The molecule has 0 saturated carbocycles. The van der Waals surface area contributed by atoms with Crippen LogP contribution >= 0.6 is 34.8 Å². The summed E-state index contributed by atoms with van der Waals surface area (Å²) >= 11 is 17.3. The van der Waals surface area contributed by atoms with Crippen molar-refractivity contribution in [2.24, 2.45) is 0 Å². The zero-order valence-electron chi connectivity index (χ0n) is 20.4. The Morgan fingerprint density at radius 1 is 1.00 bits per heavy atom. The van der Waals surface area contributed by atoms with Gasteiger partial charge in [0.25, 0.3) is 19.7 Å². The van der Waals surface area contributed by atoms with Crippen molar-refractivity contribution in [3.63, 3.8) is 0 Å². The highest BCUT2D eigenvalue weighted by atomic mass is 35.6. The Bertz CT molecular complexity index is 1730. The molecule has 0 aliphatic carbocycles. The molecule has 0 atom stereocenters. The lowest BCUT2D eigenvalue weighted by atomic mass is 10.1. The van der Waals surface area contributed by atoms with E-state index in [4.69, 9.17) is 39.5 Å². The maximum absolute atomic E-state index is 14.2. The molecule has 204 valence electrons. The van der Waals surface area contributed by atoms with E-state index in [1.807, 2.05) is 4.90 Å². The van der Waals surface area contributed by atoms with Gasteiger partial charge in [-0.25, -0.2) is 16.8 Å². The minimum Gasteiger partial charge on any atom is -0.494 e. The molecule has 0 unspecified atom stereocenters. The van der Waals surface area contributed by atoms with Crippen molar-refractivity contribution in [2.45, 2.75) is 8.69 Å². The summed E-state index contributed by atoms with van der Waals surface area (Å²) in [5.74, 6) is -0.835.